The molecule has 1 aromatic carbocycles. The summed E-state index contributed by atoms with van der Waals surface area (Å²) in [6.07, 6.45) is 4.50. The molecule has 2 aromatic rings. The van der Waals surface area contributed by atoms with Gasteiger partial charge in [0, 0.05) is 26.6 Å². The number of rotatable bonds is 5. The van der Waals surface area contributed by atoms with Crippen LogP contribution >= 0.6 is 0 Å². The first-order valence-electron chi connectivity index (χ1n) is 8.70. The van der Waals surface area contributed by atoms with Crippen molar-refractivity contribution in [2.24, 2.45) is 0 Å². The van der Waals surface area contributed by atoms with E-state index in [-0.39, 0.29) is 6.03 Å². The Bertz CT molecular complexity index is 711. The maximum atomic E-state index is 12.3. The number of aromatic nitrogens is 3. The predicted octanol–water partition coefficient (Wildman–Crippen LogP) is 2.35. The van der Waals surface area contributed by atoms with Crippen LogP contribution in [0.3, 0.4) is 0 Å². The monoisotopic (exact) mass is 343 g/mol. The quantitative estimate of drug-likeness (QED) is 0.904. The third-order valence-corrected chi connectivity index (χ3v) is 4.51. The zero-order valence-corrected chi connectivity index (χ0v) is 14.9. The van der Waals surface area contributed by atoms with Gasteiger partial charge in [0.15, 0.2) is 5.82 Å². The lowest BCUT2D eigenvalue weighted by atomic mass is 10.2. The van der Waals surface area contributed by atoms with Gasteiger partial charge in [-0.05, 0) is 30.5 Å². The average Bonchev–Trinajstić information content (AvgIpc) is 2.86. The highest BCUT2D eigenvalue weighted by molar-refractivity contribution is 5.73. The maximum Gasteiger partial charge on any atom is 0.317 e. The summed E-state index contributed by atoms with van der Waals surface area (Å²) < 4.78 is 7.30. The summed E-state index contributed by atoms with van der Waals surface area (Å²) in [6.45, 7) is 1.88. The van der Waals surface area contributed by atoms with E-state index in [0.29, 0.717) is 13.1 Å². The molecule has 25 heavy (non-hydrogen) atoms. The van der Waals surface area contributed by atoms with Crippen LogP contribution in [0.5, 0.6) is 5.75 Å². The fourth-order valence-corrected chi connectivity index (χ4v) is 3.04. The Balaban J connectivity index is 1.54. The van der Waals surface area contributed by atoms with E-state index in [2.05, 4.69) is 20.1 Å². The number of benzene rings is 1. The summed E-state index contributed by atoms with van der Waals surface area (Å²) in [5, 5.41) is 11.4. The van der Waals surface area contributed by atoms with E-state index in [1.54, 1.807) is 19.1 Å². The maximum absolute atomic E-state index is 12.3. The van der Waals surface area contributed by atoms with Crippen molar-refractivity contribution in [3.63, 3.8) is 0 Å². The number of amides is 2. The van der Waals surface area contributed by atoms with Gasteiger partial charge in [0.2, 0.25) is 0 Å². The molecular weight excluding hydrogens is 318 g/mol. The Kier molecular flexibility index (Phi) is 5.53. The second kappa shape index (κ2) is 8.00. The smallest absolute Gasteiger partial charge is 0.317 e. The van der Waals surface area contributed by atoms with Gasteiger partial charge in [0.25, 0.3) is 0 Å². The number of carbonyl (C=O) groups is 1. The molecule has 2 heterocycles. The van der Waals surface area contributed by atoms with Crippen molar-refractivity contribution in [2.75, 3.05) is 14.2 Å². The largest absolute Gasteiger partial charge is 0.497 e. The molecule has 1 aliphatic rings. The lowest BCUT2D eigenvalue weighted by Crippen LogP contribution is -2.37. The number of hydrogen-bond acceptors (Lipinski definition) is 4. The Morgan fingerprint density at radius 1 is 1.24 bits per heavy atom. The van der Waals surface area contributed by atoms with Gasteiger partial charge in [-0.25, -0.2) is 4.79 Å². The molecule has 1 aliphatic heterocycles. The van der Waals surface area contributed by atoms with E-state index in [1.807, 2.05) is 24.3 Å². The lowest BCUT2D eigenvalue weighted by Gasteiger charge is -2.18. The molecule has 0 spiro atoms. The molecule has 7 heteroatoms. The molecule has 0 bridgehead atoms. The van der Waals surface area contributed by atoms with Gasteiger partial charge in [0.1, 0.15) is 11.6 Å². The number of ether oxygens (including phenoxy) is 1. The van der Waals surface area contributed by atoms with Crippen LogP contribution in [0.4, 0.5) is 4.79 Å². The third-order valence-electron chi connectivity index (χ3n) is 4.51. The van der Waals surface area contributed by atoms with E-state index in [1.165, 1.54) is 6.42 Å². The molecule has 7 nitrogen and oxygen atoms in total. The Morgan fingerprint density at radius 2 is 2.04 bits per heavy atom. The van der Waals surface area contributed by atoms with E-state index in [4.69, 9.17) is 4.74 Å². The minimum absolute atomic E-state index is 0.123. The topological polar surface area (TPSA) is 72.3 Å². The number of methoxy groups -OCH3 is 1. The average molecular weight is 343 g/mol. The fourth-order valence-electron chi connectivity index (χ4n) is 3.04. The van der Waals surface area contributed by atoms with Crippen molar-refractivity contribution < 1.29 is 9.53 Å². The van der Waals surface area contributed by atoms with Gasteiger partial charge < -0.3 is 19.5 Å². The van der Waals surface area contributed by atoms with Crippen molar-refractivity contribution in [3.8, 4) is 5.75 Å². The van der Waals surface area contributed by atoms with Crippen molar-refractivity contribution in [2.45, 2.75) is 45.3 Å². The summed E-state index contributed by atoms with van der Waals surface area (Å²) >= 11 is 0. The summed E-state index contributed by atoms with van der Waals surface area (Å²) in [5.74, 6) is 2.68. The number of urea groups is 1. The van der Waals surface area contributed by atoms with Gasteiger partial charge in [-0.2, -0.15) is 0 Å². The van der Waals surface area contributed by atoms with Gasteiger partial charge in [-0.1, -0.05) is 18.6 Å². The molecule has 1 N–H and O–H groups in total. The van der Waals surface area contributed by atoms with Gasteiger partial charge in [-0.3, -0.25) is 0 Å². The second-order valence-corrected chi connectivity index (χ2v) is 6.36. The Morgan fingerprint density at radius 3 is 2.80 bits per heavy atom. The number of fused-ring (bicyclic) bond motifs is 1. The standard InChI is InChI=1S/C18H25N5O2/c1-22(13-14-7-9-15(25-2)10-8-14)18(24)19-12-17-21-20-16-6-4-3-5-11-23(16)17/h7-10H,3-6,11-13H2,1-2H3,(H,19,24). The normalized spacial score (nSPS) is 13.7. The molecule has 0 aliphatic carbocycles. The number of aryl methyl sites for hydroxylation is 1. The molecule has 0 unspecified atom stereocenters. The van der Waals surface area contributed by atoms with Crippen molar-refractivity contribution in [1.82, 2.24) is 25.0 Å². The lowest BCUT2D eigenvalue weighted by molar-refractivity contribution is 0.206. The molecule has 0 atom stereocenters. The van der Waals surface area contributed by atoms with Crippen LogP contribution < -0.4 is 10.1 Å². The highest BCUT2D eigenvalue weighted by atomic mass is 16.5. The molecular formula is C18H25N5O2. The Labute approximate surface area is 148 Å². The minimum atomic E-state index is -0.123. The van der Waals surface area contributed by atoms with Crippen molar-refractivity contribution in [1.29, 1.82) is 0 Å². The zero-order chi connectivity index (χ0) is 17.6. The van der Waals surface area contributed by atoms with E-state index >= 15 is 0 Å². The van der Waals surface area contributed by atoms with E-state index in [9.17, 15) is 4.79 Å². The van der Waals surface area contributed by atoms with Crippen LogP contribution in [0.15, 0.2) is 24.3 Å². The van der Waals surface area contributed by atoms with Crippen LogP contribution in [-0.4, -0.2) is 39.9 Å². The molecule has 3 rings (SSSR count). The van der Waals surface area contributed by atoms with E-state index < -0.39 is 0 Å². The summed E-state index contributed by atoms with van der Waals surface area (Å²) in [6, 6.07) is 7.59. The fraction of sp³-hybridized carbons (Fsp3) is 0.500. The number of carbonyl (C=O) groups excluding carboxylic acids is 1. The molecule has 134 valence electrons. The number of nitrogens with one attached hydrogen (secondary N) is 1. The number of hydrogen-bond donors (Lipinski definition) is 1. The van der Waals surface area contributed by atoms with Gasteiger partial charge in [-0.15, -0.1) is 10.2 Å². The molecule has 0 saturated heterocycles. The highest BCUT2D eigenvalue weighted by Gasteiger charge is 2.16. The van der Waals surface area contributed by atoms with Crippen LogP contribution in [-0.2, 0) is 26.1 Å². The third kappa shape index (κ3) is 4.29. The molecule has 0 saturated carbocycles. The first-order valence-corrected chi connectivity index (χ1v) is 8.70. The molecule has 2 amide bonds. The summed E-state index contributed by atoms with van der Waals surface area (Å²) in [7, 11) is 3.42. The molecule has 0 fully saturated rings. The molecule has 0 radical (unpaired) electrons. The van der Waals surface area contributed by atoms with Crippen molar-refractivity contribution in [3.05, 3.63) is 41.5 Å². The Hall–Kier alpha value is -2.57. The predicted molar refractivity (Wildman–Crippen MR) is 94.3 cm³/mol. The van der Waals surface area contributed by atoms with Crippen LogP contribution in [0.1, 0.15) is 36.5 Å². The summed E-state index contributed by atoms with van der Waals surface area (Å²) in [4.78, 5) is 14.0. The minimum Gasteiger partial charge on any atom is -0.497 e. The van der Waals surface area contributed by atoms with E-state index in [0.717, 1.165) is 48.8 Å². The second-order valence-electron chi connectivity index (χ2n) is 6.36. The van der Waals surface area contributed by atoms with Crippen molar-refractivity contribution >= 4 is 6.03 Å². The van der Waals surface area contributed by atoms with Crippen LogP contribution in [0.25, 0.3) is 0 Å². The highest BCUT2D eigenvalue weighted by Crippen LogP contribution is 2.15. The summed E-state index contributed by atoms with van der Waals surface area (Å²) in [5.41, 5.74) is 1.05. The number of nitrogens with zero attached hydrogens (tertiary/aromatic N) is 4. The van der Waals surface area contributed by atoms with Crippen LogP contribution in [0, 0.1) is 0 Å². The zero-order valence-electron chi connectivity index (χ0n) is 14.9. The first kappa shape index (κ1) is 17.3. The van der Waals surface area contributed by atoms with Crippen LogP contribution in [0.2, 0.25) is 0 Å². The molecule has 1 aromatic heterocycles. The first-order chi connectivity index (χ1) is 12.2. The van der Waals surface area contributed by atoms with Gasteiger partial charge in [0.05, 0.1) is 13.7 Å². The SMILES string of the molecule is COc1ccc(CN(C)C(=O)NCc2nnc3n2CCCCC3)cc1. The van der Waals surface area contributed by atoms with Gasteiger partial charge >= 0.3 is 6.03 Å².